The molecule has 5 rings (SSSR count). The largest absolute Gasteiger partial charge is 0.483 e. The molecule has 3 fully saturated rings. The van der Waals surface area contributed by atoms with Crippen molar-refractivity contribution in [1.29, 1.82) is 0 Å². The van der Waals surface area contributed by atoms with Crippen molar-refractivity contribution < 1.29 is 29.0 Å². The number of H-pyrrole nitrogens is 1. The van der Waals surface area contributed by atoms with Crippen molar-refractivity contribution in [3.63, 3.8) is 0 Å². The van der Waals surface area contributed by atoms with Crippen LogP contribution in [0.1, 0.15) is 49.9 Å². The van der Waals surface area contributed by atoms with Crippen LogP contribution < -0.4 is 10.2 Å². The van der Waals surface area contributed by atoms with Crippen molar-refractivity contribution in [2.24, 2.45) is 5.92 Å². The third-order valence-electron chi connectivity index (χ3n) is 7.02. The zero-order chi connectivity index (χ0) is 28.3. The number of ether oxygens (including phenoxy) is 1. The highest BCUT2D eigenvalue weighted by atomic mass is 16.6. The molecule has 3 atom stereocenters. The summed E-state index contributed by atoms with van der Waals surface area (Å²) >= 11 is 0. The molecule has 0 unspecified atom stereocenters. The second-order valence-electron chi connectivity index (χ2n) is 11.0. The van der Waals surface area contributed by atoms with E-state index in [-0.39, 0.29) is 30.4 Å². The molecule has 3 aliphatic rings. The molecular formula is C27H36N6O6. The molecule has 1 saturated carbocycles. The number of likely N-dealkylation sites (tertiary alicyclic amines) is 1. The zero-order valence-electron chi connectivity index (χ0n) is 22.7. The van der Waals surface area contributed by atoms with E-state index < -0.39 is 11.6 Å². The Kier molecular flexibility index (Phi) is 8.12. The number of aryl methyl sites for hydroxylation is 1. The second kappa shape index (κ2) is 11.3. The first-order chi connectivity index (χ1) is 18.5. The minimum Gasteiger partial charge on any atom is -0.483 e. The minimum absolute atomic E-state index is 0.0276. The van der Waals surface area contributed by atoms with Crippen LogP contribution in [0.5, 0.6) is 0 Å². The van der Waals surface area contributed by atoms with E-state index in [1.807, 2.05) is 49.9 Å². The van der Waals surface area contributed by atoms with Gasteiger partial charge in [-0.15, -0.1) is 0 Å². The Bertz CT molecular complexity index is 1200. The van der Waals surface area contributed by atoms with Crippen molar-refractivity contribution >= 4 is 35.8 Å². The molecule has 3 N–H and O–H groups in total. The predicted molar refractivity (Wildman–Crippen MR) is 144 cm³/mol. The van der Waals surface area contributed by atoms with E-state index in [9.17, 15) is 14.4 Å². The Hall–Kier alpha value is -4.09. The molecule has 1 aromatic carbocycles. The Labute approximate surface area is 227 Å². The van der Waals surface area contributed by atoms with Crippen LogP contribution in [0.4, 0.5) is 16.2 Å². The van der Waals surface area contributed by atoms with E-state index >= 15 is 0 Å². The first-order valence-electron chi connectivity index (χ1n) is 13.1. The number of anilines is 2. The summed E-state index contributed by atoms with van der Waals surface area (Å²) in [6.45, 7) is 9.71. The van der Waals surface area contributed by atoms with Gasteiger partial charge in [0.25, 0.3) is 12.4 Å². The van der Waals surface area contributed by atoms with Crippen molar-refractivity contribution in [1.82, 2.24) is 19.8 Å². The van der Waals surface area contributed by atoms with Gasteiger partial charge in [0, 0.05) is 43.6 Å². The van der Waals surface area contributed by atoms with Crippen molar-refractivity contribution in [3.8, 4) is 0 Å². The first-order valence-corrected chi connectivity index (χ1v) is 13.1. The lowest BCUT2D eigenvalue weighted by Gasteiger charge is -2.39. The number of imidazole rings is 1. The molecular weight excluding hydrogens is 504 g/mol. The predicted octanol–water partition coefficient (Wildman–Crippen LogP) is 2.72. The van der Waals surface area contributed by atoms with Gasteiger partial charge in [0.2, 0.25) is 5.91 Å². The molecule has 1 aliphatic carbocycles. The monoisotopic (exact) mass is 540 g/mol. The van der Waals surface area contributed by atoms with E-state index in [0.29, 0.717) is 49.3 Å². The number of nitrogens with one attached hydrogen (secondary N) is 2. The molecule has 12 nitrogen and oxygen atoms in total. The van der Waals surface area contributed by atoms with Gasteiger partial charge in [0.15, 0.2) is 0 Å². The summed E-state index contributed by atoms with van der Waals surface area (Å²) in [5.41, 5.74) is 1.57. The van der Waals surface area contributed by atoms with Gasteiger partial charge >= 0.3 is 6.09 Å². The summed E-state index contributed by atoms with van der Waals surface area (Å²) in [7, 11) is 0. The zero-order valence-corrected chi connectivity index (χ0v) is 22.7. The summed E-state index contributed by atoms with van der Waals surface area (Å²) in [5, 5.41) is 9.75. The van der Waals surface area contributed by atoms with E-state index in [1.54, 1.807) is 11.8 Å². The molecule has 1 aromatic heterocycles. The van der Waals surface area contributed by atoms with Crippen LogP contribution in [0.3, 0.4) is 0 Å². The van der Waals surface area contributed by atoms with E-state index in [4.69, 9.17) is 14.6 Å². The average Bonchev–Trinajstić information content (AvgIpc) is 3.32. The summed E-state index contributed by atoms with van der Waals surface area (Å²) in [4.78, 5) is 59.6. The van der Waals surface area contributed by atoms with Crippen LogP contribution in [0, 0.1) is 12.8 Å². The summed E-state index contributed by atoms with van der Waals surface area (Å²) < 4.78 is 5.60. The van der Waals surface area contributed by atoms with Gasteiger partial charge in [-0.2, -0.15) is 0 Å². The van der Waals surface area contributed by atoms with Crippen LogP contribution >= 0.6 is 0 Å². The van der Waals surface area contributed by atoms with Crippen molar-refractivity contribution in [2.75, 3.05) is 36.4 Å². The van der Waals surface area contributed by atoms with Crippen molar-refractivity contribution in [3.05, 3.63) is 42.0 Å². The molecule has 210 valence electrons. The number of carboxylic acid groups (broad SMARTS) is 1. The number of aromatic nitrogens is 2. The number of carbonyl (C=O) groups is 4. The summed E-state index contributed by atoms with van der Waals surface area (Å²) in [5.74, 6) is 0.903. The third-order valence-corrected chi connectivity index (χ3v) is 7.02. The molecule has 2 aromatic rings. The van der Waals surface area contributed by atoms with Gasteiger partial charge in [-0.25, -0.2) is 9.78 Å². The number of amides is 3. The molecule has 0 spiro atoms. The standard InChI is InChI=1S/C26H34N6O4.CH2O2/c1-16-27-15-20(28-16)23(33)29-18-5-7-19(8-6-18)30-9-11-31(12-10-30)24(34)22-14-17-13-21(17)32(22)25(35)36-26(2,3)4;2-1-3/h5-8,15,17,21-22H,9-14H2,1-4H3,(H,27,28)(H,29,33);1H,(H,2,3)/t17-,21-,22-;/m0./s1. The number of aromatic amines is 1. The van der Waals surface area contributed by atoms with Gasteiger partial charge in [-0.3, -0.25) is 19.3 Å². The molecule has 39 heavy (non-hydrogen) atoms. The molecule has 2 aliphatic heterocycles. The maximum Gasteiger partial charge on any atom is 0.411 e. The molecule has 0 bridgehead atoms. The van der Waals surface area contributed by atoms with E-state index in [1.165, 1.54) is 6.20 Å². The van der Waals surface area contributed by atoms with Crippen LogP contribution in [0.15, 0.2) is 30.5 Å². The number of piperazine rings is 1. The molecule has 3 heterocycles. The number of carbonyl (C=O) groups excluding carboxylic acids is 3. The molecule has 12 heteroatoms. The summed E-state index contributed by atoms with van der Waals surface area (Å²) in [6.07, 6.45) is 2.84. The number of hydrogen-bond donors (Lipinski definition) is 3. The lowest BCUT2D eigenvalue weighted by atomic mass is 10.1. The maximum absolute atomic E-state index is 13.4. The lowest BCUT2D eigenvalue weighted by molar-refractivity contribution is -0.136. The number of nitrogens with zero attached hydrogens (tertiary/aromatic N) is 4. The highest BCUT2D eigenvalue weighted by Crippen LogP contribution is 2.48. The average molecular weight is 541 g/mol. The van der Waals surface area contributed by atoms with Crippen LogP contribution in [-0.2, 0) is 14.3 Å². The fourth-order valence-electron chi connectivity index (χ4n) is 5.14. The Morgan fingerprint density at radius 1 is 1.10 bits per heavy atom. The molecule has 3 amide bonds. The van der Waals surface area contributed by atoms with Crippen LogP contribution in [0.2, 0.25) is 0 Å². The quantitative estimate of drug-likeness (QED) is 0.502. The number of rotatable bonds is 4. The fraction of sp³-hybridized carbons (Fsp3) is 0.519. The van der Waals surface area contributed by atoms with Crippen LogP contribution in [-0.4, -0.2) is 93.1 Å². The number of piperidine rings is 1. The first kappa shape index (κ1) is 27.9. The Morgan fingerprint density at radius 3 is 2.31 bits per heavy atom. The summed E-state index contributed by atoms with van der Waals surface area (Å²) in [6, 6.07) is 7.41. The maximum atomic E-state index is 13.4. The van der Waals surface area contributed by atoms with Gasteiger partial charge in [0.05, 0.1) is 6.20 Å². The second-order valence-corrected chi connectivity index (χ2v) is 11.0. The topological polar surface area (TPSA) is 148 Å². The fourth-order valence-corrected chi connectivity index (χ4v) is 5.14. The van der Waals surface area contributed by atoms with Gasteiger partial charge < -0.3 is 29.9 Å². The van der Waals surface area contributed by atoms with Gasteiger partial charge in [-0.05, 0) is 70.7 Å². The lowest BCUT2D eigenvalue weighted by Crippen LogP contribution is -2.55. The van der Waals surface area contributed by atoms with E-state index in [0.717, 1.165) is 18.5 Å². The highest BCUT2D eigenvalue weighted by Gasteiger charge is 2.57. The SMILES string of the molecule is Cc1ncc(C(=O)Nc2ccc(N3CCN(C(=O)[C@@H]4C[C@@H]5C[C@@H]5N4C(=O)OC(C)(C)C)CC3)cc2)[nH]1.O=CO. The van der Waals surface area contributed by atoms with E-state index in [2.05, 4.69) is 20.2 Å². The van der Waals surface area contributed by atoms with Crippen LogP contribution in [0.25, 0.3) is 0 Å². The highest BCUT2D eigenvalue weighted by molar-refractivity contribution is 6.02. The number of hydrogen-bond acceptors (Lipinski definition) is 7. The molecule has 2 saturated heterocycles. The molecule has 0 radical (unpaired) electrons. The Morgan fingerprint density at radius 2 is 1.74 bits per heavy atom. The number of fused-ring (bicyclic) bond motifs is 1. The number of benzene rings is 1. The van der Waals surface area contributed by atoms with Gasteiger partial charge in [-0.1, -0.05) is 0 Å². The van der Waals surface area contributed by atoms with Crippen molar-refractivity contribution in [2.45, 2.75) is 58.2 Å². The van der Waals surface area contributed by atoms with Gasteiger partial charge in [0.1, 0.15) is 23.2 Å². The Balaban J connectivity index is 0.00000112. The smallest absolute Gasteiger partial charge is 0.411 e. The normalized spacial score (nSPS) is 21.8. The third kappa shape index (κ3) is 6.68. The minimum atomic E-state index is -0.584.